The maximum atomic E-state index is 13.7. The Balaban J connectivity index is 1.68. The lowest BCUT2D eigenvalue weighted by atomic mass is 9.94. The molecule has 5 rings (SSSR count). The Hall–Kier alpha value is -4.64. The van der Waals surface area contributed by atoms with Crippen molar-refractivity contribution in [2.24, 2.45) is 0 Å². The van der Waals surface area contributed by atoms with Gasteiger partial charge in [0.2, 0.25) is 0 Å². The number of carbonyl (C=O) groups excluding carboxylic acids is 3. The number of ether oxygens (including phenoxy) is 4. The van der Waals surface area contributed by atoms with Crippen LogP contribution in [0.4, 0.5) is 5.13 Å². The highest BCUT2D eigenvalue weighted by Gasteiger charge is 2.49. The number of nitrogens with zero attached hydrogens (tertiary/aromatic N) is 2. The number of amides is 1. The Labute approximate surface area is 253 Å². The van der Waals surface area contributed by atoms with Gasteiger partial charge in [-0.05, 0) is 69.2 Å². The van der Waals surface area contributed by atoms with Crippen molar-refractivity contribution < 1.29 is 38.4 Å². The normalized spacial score (nSPS) is 18.7. The van der Waals surface area contributed by atoms with E-state index in [0.717, 1.165) is 16.9 Å². The van der Waals surface area contributed by atoms with Crippen molar-refractivity contribution in [2.75, 3.05) is 24.7 Å². The zero-order chi connectivity index (χ0) is 30.8. The van der Waals surface area contributed by atoms with Crippen LogP contribution in [-0.2, 0) is 20.7 Å². The molecule has 1 fully saturated rings. The number of carbonyl (C=O) groups is 3. The largest absolute Gasteiger partial charge is 0.507 e. The number of aliphatic hydroxyl groups excluding tert-OH is 1. The van der Waals surface area contributed by atoms with Crippen molar-refractivity contribution in [3.63, 3.8) is 0 Å². The third kappa shape index (κ3) is 5.60. The van der Waals surface area contributed by atoms with Crippen molar-refractivity contribution in [1.82, 2.24) is 4.98 Å². The minimum atomic E-state index is -1.08. The summed E-state index contributed by atoms with van der Waals surface area (Å²) >= 11 is 0.928. The van der Waals surface area contributed by atoms with Gasteiger partial charge in [-0.1, -0.05) is 30.1 Å². The van der Waals surface area contributed by atoms with Crippen LogP contribution in [0.25, 0.3) is 5.76 Å². The molecule has 0 aliphatic carbocycles. The van der Waals surface area contributed by atoms with Gasteiger partial charge in [-0.3, -0.25) is 14.5 Å². The summed E-state index contributed by atoms with van der Waals surface area (Å²) in [6, 6.07) is 9.18. The molecule has 1 saturated heterocycles. The van der Waals surface area contributed by atoms with Crippen molar-refractivity contribution in [3.05, 3.63) is 81.9 Å². The number of Topliss-reactive ketones (excluding diaryl/α,β-unsaturated/α-hetero) is 1. The summed E-state index contributed by atoms with van der Waals surface area (Å²) in [6.07, 6.45) is 2.08. The van der Waals surface area contributed by atoms with Gasteiger partial charge in [-0.15, -0.1) is 0 Å². The van der Waals surface area contributed by atoms with Crippen LogP contribution in [0, 0.1) is 6.92 Å². The van der Waals surface area contributed by atoms with Gasteiger partial charge in [0.1, 0.15) is 29.1 Å². The van der Waals surface area contributed by atoms with Crippen molar-refractivity contribution >= 4 is 39.9 Å². The van der Waals surface area contributed by atoms with E-state index in [2.05, 4.69) is 11.6 Å². The van der Waals surface area contributed by atoms with Crippen LogP contribution in [0.15, 0.2) is 54.6 Å². The van der Waals surface area contributed by atoms with Gasteiger partial charge in [0.25, 0.3) is 5.78 Å². The first-order valence-electron chi connectivity index (χ1n) is 13.9. The summed E-state index contributed by atoms with van der Waals surface area (Å²) in [5.41, 5.74) is 1.96. The molecule has 0 spiro atoms. The predicted molar refractivity (Wildman–Crippen MR) is 161 cm³/mol. The van der Waals surface area contributed by atoms with Gasteiger partial charge in [-0.25, -0.2) is 9.78 Å². The van der Waals surface area contributed by atoms with E-state index in [9.17, 15) is 19.5 Å². The number of benzene rings is 2. The predicted octanol–water partition coefficient (Wildman–Crippen LogP) is 5.54. The summed E-state index contributed by atoms with van der Waals surface area (Å²) in [7, 11) is 0. The molecule has 43 heavy (non-hydrogen) atoms. The molecule has 0 bridgehead atoms. The molecule has 1 aromatic heterocycles. The number of esters is 1. The Morgan fingerprint density at radius 1 is 1.16 bits per heavy atom. The first-order chi connectivity index (χ1) is 20.7. The zero-order valence-electron chi connectivity index (χ0n) is 24.3. The second-order valence-corrected chi connectivity index (χ2v) is 11.0. The van der Waals surface area contributed by atoms with E-state index in [1.807, 2.05) is 20.8 Å². The molecule has 11 heteroatoms. The van der Waals surface area contributed by atoms with E-state index in [4.69, 9.17) is 18.9 Å². The molecule has 2 unspecified atom stereocenters. The maximum absolute atomic E-state index is 13.7. The van der Waals surface area contributed by atoms with Crippen LogP contribution in [-0.4, -0.2) is 53.7 Å². The van der Waals surface area contributed by atoms with Crippen LogP contribution < -0.4 is 19.1 Å². The van der Waals surface area contributed by atoms with Crippen LogP contribution in [0.5, 0.6) is 17.2 Å². The van der Waals surface area contributed by atoms with Crippen LogP contribution in [0.1, 0.15) is 58.9 Å². The number of hydrogen-bond acceptors (Lipinski definition) is 10. The first kappa shape index (κ1) is 29.8. The maximum Gasteiger partial charge on any atom is 0.350 e. The number of fused-ring (bicyclic) bond motifs is 1. The highest BCUT2D eigenvalue weighted by Crippen LogP contribution is 2.46. The third-order valence-electron chi connectivity index (χ3n) is 7.01. The summed E-state index contributed by atoms with van der Waals surface area (Å²) in [6.45, 7) is 11.6. The number of aromatic nitrogens is 1. The standard InChI is InChI=1S/C32H32N2O8S/c1-6-13-41-31(38)29-18(5)33-32(43-29)34-26(19-9-12-23(39-7-2)24(16-19)40-8-3)25(28(36)30(34)37)27(35)20-10-11-22-21(15-20)14-17(4)42-22/h6,9-12,15-17,26,35H,1,7-8,13-14H2,2-5H3/b27-25+. The van der Waals surface area contributed by atoms with E-state index in [1.165, 1.54) is 11.0 Å². The molecule has 10 nitrogen and oxygen atoms in total. The summed E-state index contributed by atoms with van der Waals surface area (Å²) < 4.78 is 22.5. The molecule has 1 amide bonds. The number of ketones is 1. The highest BCUT2D eigenvalue weighted by molar-refractivity contribution is 7.17. The summed E-state index contributed by atoms with van der Waals surface area (Å²) in [4.78, 5) is 46.0. The lowest BCUT2D eigenvalue weighted by Crippen LogP contribution is -2.29. The number of aryl methyl sites for hydroxylation is 1. The number of thiazole rings is 1. The molecule has 2 atom stereocenters. The lowest BCUT2D eigenvalue weighted by molar-refractivity contribution is -0.132. The third-order valence-corrected chi connectivity index (χ3v) is 8.14. The molecule has 1 N–H and O–H groups in total. The average Bonchev–Trinajstić information content (AvgIpc) is 3.64. The van der Waals surface area contributed by atoms with E-state index < -0.39 is 23.7 Å². The van der Waals surface area contributed by atoms with Gasteiger partial charge < -0.3 is 24.1 Å². The zero-order valence-corrected chi connectivity index (χ0v) is 25.2. The molecule has 0 saturated carbocycles. The van der Waals surface area contributed by atoms with Crippen molar-refractivity contribution in [2.45, 2.75) is 46.3 Å². The Bertz CT molecular complexity index is 1640. The second kappa shape index (κ2) is 12.3. The summed E-state index contributed by atoms with van der Waals surface area (Å²) in [5.74, 6) is -1.11. The fourth-order valence-electron chi connectivity index (χ4n) is 5.18. The number of aliphatic hydroxyl groups is 1. The summed E-state index contributed by atoms with van der Waals surface area (Å²) in [5, 5.41) is 11.7. The molecule has 2 aliphatic rings. The van der Waals surface area contributed by atoms with Gasteiger partial charge >= 0.3 is 11.9 Å². The number of rotatable bonds is 10. The topological polar surface area (TPSA) is 124 Å². The second-order valence-electron chi connectivity index (χ2n) is 9.99. The molecular formula is C32H32N2O8S. The Morgan fingerprint density at radius 3 is 2.63 bits per heavy atom. The number of anilines is 1. The molecule has 3 heterocycles. The number of hydrogen-bond donors (Lipinski definition) is 1. The van der Waals surface area contributed by atoms with Gasteiger partial charge in [0, 0.05) is 12.0 Å². The molecule has 2 aromatic carbocycles. The monoisotopic (exact) mass is 604 g/mol. The van der Waals surface area contributed by atoms with E-state index in [0.29, 0.717) is 53.7 Å². The quantitative estimate of drug-likeness (QED) is 0.104. The van der Waals surface area contributed by atoms with E-state index in [-0.39, 0.29) is 34.1 Å². The average molecular weight is 605 g/mol. The Kier molecular flexibility index (Phi) is 8.54. The van der Waals surface area contributed by atoms with E-state index >= 15 is 0 Å². The van der Waals surface area contributed by atoms with Gasteiger partial charge in [0.15, 0.2) is 16.6 Å². The van der Waals surface area contributed by atoms with Gasteiger partial charge in [-0.2, -0.15) is 0 Å². The fourth-order valence-corrected chi connectivity index (χ4v) is 6.17. The highest BCUT2D eigenvalue weighted by atomic mass is 32.1. The van der Waals surface area contributed by atoms with Crippen LogP contribution >= 0.6 is 11.3 Å². The lowest BCUT2D eigenvalue weighted by Gasteiger charge is -2.24. The molecule has 224 valence electrons. The van der Waals surface area contributed by atoms with Gasteiger partial charge in [0.05, 0.1) is 30.5 Å². The Morgan fingerprint density at radius 2 is 1.91 bits per heavy atom. The minimum absolute atomic E-state index is 0.00695. The molecular weight excluding hydrogens is 572 g/mol. The minimum Gasteiger partial charge on any atom is -0.507 e. The SMILES string of the molecule is C=CCOC(=O)c1sc(N2C(=O)C(=O)/C(=C(/O)c3ccc4c(c3)CC(C)O4)C2c2ccc(OCC)c(OCC)c2)nc1C. The van der Waals surface area contributed by atoms with E-state index in [1.54, 1.807) is 43.3 Å². The fraction of sp³-hybridized carbons (Fsp3) is 0.312. The smallest absolute Gasteiger partial charge is 0.350 e. The molecule has 2 aliphatic heterocycles. The van der Waals surface area contributed by atoms with Crippen molar-refractivity contribution in [1.29, 1.82) is 0 Å². The molecule has 0 radical (unpaired) electrons. The van der Waals surface area contributed by atoms with Crippen LogP contribution in [0.3, 0.4) is 0 Å². The first-order valence-corrected chi connectivity index (χ1v) is 14.8. The van der Waals surface area contributed by atoms with Crippen molar-refractivity contribution in [3.8, 4) is 17.2 Å². The van der Waals surface area contributed by atoms with Crippen LogP contribution in [0.2, 0.25) is 0 Å². The molecule has 3 aromatic rings.